The molecule has 0 unspecified atom stereocenters. The van der Waals surface area contributed by atoms with Gasteiger partial charge in [-0.15, -0.1) is 11.3 Å². The summed E-state index contributed by atoms with van der Waals surface area (Å²) < 4.78 is 2.31. The fraction of sp³-hybridized carbons (Fsp3) is 0.462. The first-order chi connectivity index (χ1) is 8.79. The summed E-state index contributed by atoms with van der Waals surface area (Å²) in [4.78, 5) is 20.9. The van der Waals surface area contributed by atoms with E-state index < -0.39 is 0 Å². The summed E-state index contributed by atoms with van der Waals surface area (Å²) in [6.07, 6.45) is 1.61. The molecule has 0 amide bonds. The lowest BCUT2D eigenvalue weighted by molar-refractivity contribution is 0.568. The predicted octanol–water partition coefficient (Wildman–Crippen LogP) is 2.96. The largest absolute Gasteiger partial charge is 0.289 e. The normalized spacial score (nSPS) is 11.8. The fourth-order valence-corrected chi connectivity index (χ4v) is 3.04. The van der Waals surface area contributed by atoms with Crippen LogP contribution >= 0.6 is 33.9 Å². The van der Waals surface area contributed by atoms with Gasteiger partial charge in [-0.25, -0.2) is 9.97 Å². The van der Waals surface area contributed by atoms with Crippen LogP contribution in [0.15, 0.2) is 16.4 Å². The molecule has 0 radical (unpaired) electrons. The average molecular weight is 389 g/mol. The Morgan fingerprint density at radius 3 is 2.68 bits per heavy atom. The van der Waals surface area contributed by atoms with Gasteiger partial charge >= 0.3 is 0 Å². The number of thiazole rings is 1. The molecule has 0 atom stereocenters. The van der Waals surface area contributed by atoms with Gasteiger partial charge < -0.3 is 0 Å². The maximum atomic E-state index is 12.1. The van der Waals surface area contributed by atoms with Crippen LogP contribution in [-0.4, -0.2) is 14.5 Å². The summed E-state index contributed by atoms with van der Waals surface area (Å²) in [6, 6.07) is 0. The standard InChI is InChI=1S/C13H16IN3OS/c1-8-15-5-9(14)12(18)17(8)6-11-16-10(7-19-11)13(2,3)4/h5,7H,6H2,1-4H3. The smallest absolute Gasteiger partial charge is 0.267 e. The molecule has 19 heavy (non-hydrogen) atoms. The molecule has 2 heterocycles. The molecule has 0 saturated carbocycles. The maximum absolute atomic E-state index is 12.1. The van der Waals surface area contributed by atoms with Crippen molar-refractivity contribution in [1.29, 1.82) is 0 Å². The second kappa shape index (κ2) is 5.32. The molecule has 0 saturated heterocycles. The second-order valence-corrected chi connectivity index (χ2v) is 7.53. The van der Waals surface area contributed by atoms with Gasteiger partial charge in [0.15, 0.2) is 0 Å². The molecule has 0 bridgehead atoms. The zero-order valence-corrected chi connectivity index (χ0v) is 14.4. The van der Waals surface area contributed by atoms with Gasteiger partial charge in [0.1, 0.15) is 10.8 Å². The van der Waals surface area contributed by atoms with Crippen LogP contribution < -0.4 is 5.56 Å². The number of rotatable bonds is 2. The Labute approximate surface area is 130 Å². The molecule has 0 aliphatic carbocycles. The highest BCUT2D eigenvalue weighted by atomic mass is 127. The van der Waals surface area contributed by atoms with E-state index in [1.807, 2.05) is 29.5 Å². The summed E-state index contributed by atoms with van der Waals surface area (Å²) in [5.74, 6) is 0.720. The molecular weight excluding hydrogens is 373 g/mol. The molecule has 0 aliphatic rings. The minimum atomic E-state index is 0.000564. The lowest BCUT2D eigenvalue weighted by Crippen LogP contribution is -2.26. The fourth-order valence-electron chi connectivity index (χ4n) is 1.60. The van der Waals surface area contributed by atoms with Gasteiger partial charge in [-0.3, -0.25) is 9.36 Å². The number of nitrogens with zero attached hydrogens (tertiary/aromatic N) is 3. The van der Waals surface area contributed by atoms with Crippen LogP contribution in [0, 0.1) is 10.5 Å². The number of halogens is 1. The molecule has 0 aromatic carbocycles. The van der Waals surface area contributed by atoms with Crippen molar-refractivity contribution >= 4 is 33.9 Å². The van der Waals surface area contributed by atoms with Gasteiger partial charge in [-0.1, -0.05) is 20.8 Å². The van der Waals surface area contributed by atoms with E-state index in [1.54, 1.807) is 22.1 Å². The summed E-state index contributed by atoms with van der Waals surface area (Å²) in [5, 5.41) is 3.01. The maximum Gasteiger partial charge on any atom is 0.267 e. The van der Waals surface area contributed by atoms with Crippen LogP contribution in [0.2, 0.25) is 0 Å². The molecule has 0 N–H and O–H groups in total. The van der Waals surface area contributed by atoms with Crippen molar-refractivity contribution in [2.45, 2.75) is 39.7 Å². The summed E-state index contributed by atoms with van der Waals surface area (Å²) >= 11 is 3.61. The van der Waals surface area contributed by atoms with Crippen molar-refractivity contribution < 1.29 is 0 Å². The Kier molecular flexibility index (Phi) is 4.10. The SMILES string of the molecule is Cc1ncc(I)c(=O)n1Cc1nc(C(C)(C)C)cs1. The lowest BCUT2D eigenvalue weighted by Gasteiger charge is -2.14. The molecule has 2 aromatic rings. The van der Waals surface area contributed by atoms with E-state index in [2.05, 4.69) is 36.1 Å². The highest BCUT2D eigenvalue weighted by Gasteiger charge is 2.18. The van der Waals surface area contributed by atoms with E-state index in [0.29, 0.717) is 10.1 Å². The van der Waals surface area contributed by atoms with E-state index in [4.69, 9.17) is 0 Å². The van der Waals surface area contributed by atoms with Crippen molar-refractivity contribution in [3.63, 3.8) is 0 Å². The van der Waals surface area contributed by atoms with Crippen LogP contribution in [-0.2, 0) is 12.0 Å². The van der Waals surface area contributed by atoms with E-state index in [-0.39, 0.29) is 11.0 Å². The molecule has 0 aliphatic heterocycles. The monoisotopic (exact) mass is 389 g/mol. The molecule has 2 rings (SSSR count). The molecule has 2 aromatic heterocycles. The topological polar surface area (TPSA) is 47.8 Å². The second-order valence-electron chi connectivity index (χ2n) is 5.42. The molecule has 102 valence electrons. The van der Waals surface area contributed by atoms with Crippen molar-refractivity contribution in [3.8, 4) is 0 Å². The van der Waals surface area contributed by atoms with Crippen LogP contribution in [0.1, 0.15) is 37.3 Å². The molecule has 0 spiro atoms. The summed E-state index contributed by atoms with van der Waals surface area (Å²) in [6.45, 7) is 8.74. The molecular formula is C13H16IN3OS. The average Bonchev–Trinajstić information content (AvgIpc) is 2.78. The van der Waals surface area contributed by atoms with Gasteiger partial charge in [0.05, 0.1) is 15.8 Å². The zero-order chi connectivity index (χ0) is 14.2. The van der Waals surface area contributed by atoms with Gasteiger partial charge in [-0.2, -0.15) is 0 Å². The predicted molar refractivity (Wildman–Crippen MR) is 85.9 cm³/mol. The van der Waals surface area contributed by atoms with Crippen molar-refractivity contribution in [2.75, 3.05) is 0 Å². The van der Waals surface area contributed by atoms with Gasteiger partial charge in [0.2, 0.25) is 0 Å². The zero-order valence-electron chi connectivity index (χ0n) is 11.4. The van der Waals surface area contributed by atoms with Gasteiger partial charge in [0.25, 0.3) is 5.56 Å². The lowest BCUT2D eigenvalue weighted by atomic mass is 9.93. The summed E-state index contributed by atoms with van der Waals surface area (Å²) in [7, 11) is 0. The quantitative estimate of drug-likeness (QED) is 0.743. The van der Waals surface area contributed by atoms with Crippen molar-refractivity contribution in [1.82, 2.24) is 14.5 Å². The number of hydrogen-bond donors (Lipinski definition) is 0. The van der Waals surface area contributed by atoms with E-state index in [9.17, 15) is 4.79 Å². The Hall–Kier alpha value is -0.760. The van der Waals surface area contributed by atoms with Crippen molar-refractivity contribution in [2.24, 2.45) is 0 Å². The van der Waals surface area contributed by atoms with E-state index in [0.717, 1.165) is 16.5 Å². The third kappa shape index (κ3) is 3.22. The third-order valence-electron chi connectivity index (χ3n) is 2.82. The van der Waals surface area contributed by atoms with Crippen LogP contribution in [0.25, 0.3) is 0 Å². The first kappa shape index (κ1) is 14.6. The van der Waals surface area contributed by atoms with Crippen LogP contribution in [0.4, 0.5) is 0 Å². The Bertz CT molecular complexity index is 655. The van der Waals surface area contributed by atoms with E-state index >= 15 is 0 Å². The molecule has 4 nitrogen and oxygen atoms in total. The minimum absolute atomic E-state index is 0.000564. The van der Waals surface area contributed by atoms with Crippen LogP contribution in [0.5, 0.6) is 0 Å². The third-order valence-corrected chi connectivity index (χ3v) is 4.39. The Morgan fingerprint density at radius 1 is 1.42 bits per heavy atom. The van der Waals surface area contributed by atoms with Crippen LogP contribution in [0.3, 0.4) is 0 Å². The Morgan fingerprint density at radius 2 is 2.11 bits per heavy atom. The Balaban J connectivity index is 2.35. The molecule has 0 fully saturated rings. The molecule has 6 heteroatoms. The number of aryl methyl sites for hydroxylation is 1. The summed E-state index contributed by atoms with van der Waals surface area (Å²) in [5.41, 5.74) is 1.11. The van der Waals surface area contributed by atoms with Gasteiger partial charge in [0, 0.05) is 17.0 Å². The highest BCUT2D eigenvalue weighted by molar-refractivity contribution is 14.1. The van der Waals surface area contributed by atoms with E-state index in [1.165, 1.54) is 0 Å². The first-order valence-electron chi connectivity index (χ1n) is 5.96. The highest BCUT2D eigenvalue weighted by Crippen LogP contribution is 2.24. The minimum Gasteiger partial charge on any atom is -0.289 e. The van der Waals surface area contributed by atoms with Crippen molar-refractivity contribution in [3.05, 3.63) is 42.0 Å². The first-order valence-corrected chi connectivity index (χ1v) is 7.91. The number of hydrogen-bond acceptors (Lipinski definition) is 4. The van der Waals surface area contributed by atoms with Gasteiger partial charge in [-0.05, 0) is 29.5 Å². The number of aromatic nitrogens is 3.